The van der Waals surface area contributed by atoms with E-state index in [2.05, 4.69) is 0 Å². The number of aliphatic hydroxyl groups excluding tert-OH is 1. The Kier molecular flexibility index (Phi) is 7.06. The van der Waals surface area contributed by atoms with E-state index in [1.807, 2.05) is 60.7 Å². The summed E-state index contributed by atoms with van der Waals surface area (Å²) in [4.78, 5) is 0. The quantitative estimate of drug-likeness (QED) is 0.744. The molecule has 0 aliphatic carbocycles. The summed E-state index contributed by atoms with van der Waals surface area (Å²) < 4.78 is 11.0. The minimum Gasteiger partial charge on any atom is -0.389 e. The van der Waals surface area contributed by atoms with Crippen LogP contribution in [0.15, 0.2) is 60.7 Å². The van der Waals surface area contributed by atoms with Crippen LogP contribution in [-0.2, 0) is 22.7 Å². The molecule has 0 aromatic heterocycles. The molecule has 0 spiro atoms. The second-order valence-corrected chi connectivity index (χ2v) is 5.23. The van der Waals surface area contributed by atoms with Gasteiger partial charge in [0.15, 0.2) is 0 Å². The highest BCUT2D eigenvalue weighted by Crippen LogP contribution is 2.04. The van der Waals surface area contributed by atoms with Crippen molar-refractivity contribution < 1.29 is 14.6 Å². The van der Waals surface area contributed by atoms with E-state index in [-0.39, 0.29) is 6.61 Å². The predicted octanol–water partition coefficient (Wildman–Crippen LogP) is 2.11. The highest BCUT2D eigenvalue weighted by atomic mass is 16.5. The summed E-state index contributed by atoms with van der Waals surface area (Å²) >= 11 is 0. The van der Waals surface area contributed by atoms with E-state index in [0.29, 0.717) is 19.8 Å². The number of hydrogen-bond donors (Lipinski definition) is 2. The molecule has 0 radical (unpaired) electrons. The molecule has 2 aromatic rings. The number of benzene rings is 2. The van der Waals surface area contributed by atoms with Crippen LogP contribution in [0.25, 0.3) is 0 Å². The molecule has 0 bridgehead atoms. The molecule has 4 heteroatoms. The van der Waals surface area contributed by atoms with Crippen molar-refractivity contribution >= 4 is 0 Å². The first kappa shape index (κ1) is 16.6. The van der Waals surface area contributed by atoms with Gasteiger partial charge in [-0.25, -0.2) is 0 Å². The van der Waals surface area contributed by atoms with Crippen LogP contribution >= 0.6 is 0 Å². The van der Waals surface area contributed by atoms with Crippen LogP contribution in [-0.4, -0.2) is 30.5 Å². The molecule has 2 aromatic carbocycles. The molecule has 0 amide bonds. The SMILES string of the molecule is N[C@@H](COCc1ccccc1)[C@@H](O)COCc1ccccc1. The van der Waals surface area contributed by atoms with Crippen LogP contribution in [0, 0.1) is 0 Å². The molecule has 2 atom stereocenters. The van der Waals surface area contributed by atoms with Gasteiger partial charge in [0.2, 0.25) is 0 Å². The normalized spacial score (nSPS) is 13.7. The van der Waals surface area contributed by atoms with Crippen molar-refractivity contribution in [2.24, 2.45) is 5.73 Å². The van der Waals surface area contributed by atoms with E-state index < -0.39 is 12.1 Å². The Morgan fingerprint density at radius 1 is 0.773 bits per heavy atom. The maximum Gasteiger partial charge on any atom is 0.0946 e. The van der Waals surface area contributed by atoms with Crippen LogP contribution in [0.4, 0.5) is 0 Å². The van der Waals surface area contributed by atoms with Gasteiger partial charge in [0.1, 0.15) is 0 Å². The Bertz CT molecular complexity index is 469. The molecule has 3 N–H and O–H groups in total. The maximum absolute atomic E-state index is 9.96. The van der Waals surface area contributed by atoms with Crippen LogP contribution < -0.4 is 5.73 Å². The van der Waals surface area contributed by atoms with Crippen molar-refractivity contribution in [1.29, 1.82) is 0 Å². The van der Waals surface area contributed by atoms with E-state index >= 15 is 0 Å². The zero-order valence-corrected chi connectivity index (χ0v) is 12.6. The highest BCUT2D eigenvalue weighted by Gasteiger charge is 2.15. The number of ether oxygens (including phenoxy) is 2. The molecule has 0 unspecified atom stereocenters. The van der Waals surface area contributed by atoms with Gasteiger partial charge in [-0.2, -0.15) is 0 Å². The first-order valence-corrected chi connectivity index (χ1v) is 7.42. The molecule has 118 valence electrons. The third-order valence-corrected chi connectivity index (χ3v) is 3.32. The van der Waals surface area contributed by atoms with E-state index in [1.54, 1.807) is 0 Å². The summed E-state index contributed by atoms with van der Waals surface area (Å²) in [5.41, 5.74) is 8.07. The minimum atomic E-state index is -0.737. The predicted molar refractivity (Wildman–Crippen MR) is 86.2 cm³/mol. The maximum atomic E-state index is 9.96. The van der Waals surface area contributed by atoms with Crippen molar-refractivity contribution in [1.82, 2.24) is 0 Å². The average Bonchev–Trinajstić information content (AvgIpc) is 2.56. The van der Waals surface area contributed by atoms with Gasteiger partial charge < -0.3 is 20.3 Å². The topological polar surface area (TPSA) is 64.7 Å². The lowest BCUT2D eigenvalue weighted by molar-refractivity contribution is -0.00710. The van der Waals surface area contributed by atoms with E-state index in [4.69, 9.17) is 15.2 Å². The molecular formula is C18H23NO3. The Morgan fingerprint density at radius 3 is 1.73 bits per heavy atom. The van der Waals surface area contributed by atoms with E-state index in [9.17, 15) is 5.11 Å². The summed E-state index contributed by atoms with van der Waals surface area (Å²) in [6.07, 6.45) is -0.737. The van der Waals surface area contributed by atoms with Crippen molar-refractivity contribution in [3.63, 3.8) is 0 Å². The monoisotopic (exact) mass is 301 g/mol. The first-order chi connectivity index (χ1) is 10.8. The number of aliphatic hydroxyl groups is 1. The van der Waals surface area contributed by atoms with Crippen molar-refractivity contribution in [2.75, 3.05) is 13.2 Å². The average molecular weight is 301 g/mol. The van der Waals surface area contributed by atoms with Crippen LogP contribution in [0.5, 0.6) is 0 Å². The standard InChI is InChI=1S/C18H23NO3/c19-17(13-21-11-15-7-3-1-4-8-15)18(20)14-22-12-16-9-5-2-6-10-16/h1-10,17-18,20H,11-14,19H2/t17-,18-/m0/s1. The number of rotatable bonds is 9. The third kappa shape index (κ3) is 5.95. The van der Waals surface area contributed by atoms with Gasteiger partial charge in [0.05, 0.1) is 38.6 Å². The Morgan fingerprint density at radius 2 is 1.23 bits per heavy atom. The summed E-state index contributed by atoms with van der Waals surface area (Å²) in [5, 5.41) is 9.96. The summed E-state index contributed by atoms with van der Waals surface area (Å²) in [5.74, 6) is 0. The van der Waals surface area contributed by atoms with Crippen molar-refractivity contribution in [2.45, 2.75) is 25.4 Å². The molecule has 22 heavy (non-hydrogen) atoms. The van der Waals surface area contributed by atoms with Crippen molar-refractivity contribution in [3.8, 4) is 0 Å². The molecule has 0 aliphatic rings. The van der Waals surface area contributed by atoms with Crippen LogP contribution in [0.1, 0.15) is 11.1 Å². The summed E-state index contributed by atoms with van der Waals surface area (Å²) in [6, 6.07) is 19.2. The second-order valence-electron chi connectivity index (χ2n) is 5.23. The first-order valence-electron chi connectivity index (χ1n) is 7.42. The fraction of sp³-hybridized carbons (Fsp3) is 0.333. The molecule has 0 fully saturated rings. The van der Waals surface area contributed by atoms with Gasteiger partial charge in [-0.05, 0) is 11.1 Å². The molecule has 0 saturated carbocycles. The molecule has 0 aliphatic heterocycles. The molecule has 2 rings (SSSR count). The van der Waals surface area contributed by atoms with Crippen LogP contribution in [0.2, 0.25) is 0 Å². The van der Waals surface area contributed by atoms with Gasteiger partial charge in [-0.3, -0.25) is 0 Å². The fourth-order valence-electron chi connectivity index (χ4n) is 1.99. The van der Waals surface area contributed by atoms with E-state index in [0.717, 1.165) is 11.1 Å². The van der Waals surface area contributed by atoms with Gasteiger partial charge in [0, 0.05) is 0 Å². The number of hydrogen-bond acceptors (Lipinski definition) is 4. The molecule has 0 heterocycles. The van der Waals surface area contributed by atoms with Crippen LogP contribution in [0.3, 0.4) is 0 Å². The molecule has 0 saturated heterocycles. The Labute approximate surface area is 131 Å². The lowest BCUT2D eigenvalue weighted by atomic mass is 10.2. The zero-order valence-electron chi connectivity index (χ0n) is 12.6. The highest BCUT2D eigenvalue weighted by molar-refractivity contribution is 5.14. The number of nitrogens with two attached hydrogens (primary N) is 1. The largest absolute Gasteiger partial charge is 0.389 e. The lowest BCUT2D eigenvalue weighted by Crippen LogP contribution is -2.41. The zero-order chi connectivity index (χ0) is 15.6. The van der Waals surface area contributed by atoms with Crippen molar-refractivity contribution in [3.05, 3.63) is 71.8 Å². The fourth-order valence-corrected chi connectivity index (χ4v) is 1.99. The van der Waals surface area contributed by atoms with Gasteiger partial charge in [-0.15, -0.1) is 0 Å². The van der Waals surface area contributed by atoms with E-state index in [1.165, 1.54) is 0 Å². The molecular weight excluding hydrogens is 278 g/mol. The lowest BCUT2D eigenvalue weighted by Gasteiger charge is -2.19. The summed E-state index contributed by atoms with van der Waals surface area (Å²) in [6.45, 7) is 1.46. The summed E-state index contributed by atoms with van der Waals surface area (Å²) in [7, 11) is 0. The van der Waals surface area contributed by atoms with Gasteiger partial charge >= 0.3 is 0 Å². The minimum absolute atomic E-state index is 0.199. The van der Waals surface area contributed by atoms with Gasteiger partial charge in [0.25, 0.3) is 0 Å². The Hall–Kier alpha value is -1.72. The molecule has 4 nitrogen and oxygen atoms in total. The van der Waals surface area contributed by atoms with Gasteiger partial charge in [-0.1, -0.05) is 60.7 Å². The smallest absolute Gasteiger partial charge is 0.0946 e. The second kappa shape index (κ2) is 9.33. The Balaban J connectivity index is 1.61. The third-order valence-electron chi connectivity index (χ3n) is 3.32.